The third-order valence-corrected chi connectivity index (χ3v) is 4.50. The summed E-state index contributed by atoms with van der Waals surface area (Å²) in [7, 11) is 0. The molecule has 3 nitrogen and oxygen atoms in total. The Kier molecular flexibility index (Phi) is 3.28. The first-order valence-corrected chi connectivity index (χ1v) is 7.33. The summed E-state index contributed by atoms with van der Waals surface area (Å²) in [4.78, 5) is 4.44. The maximum atomic E-state index is 6.15. The smallest absolute Gasteiger partial charge is 0.279 e. The third kappa shape index (κ3) is 2.44. The molecule has 0 aliphatic rings. The first kappa shape index (κ1) is 13.2. The number of halogens is 1. The lowest BCUT2D eigenvalue weighted by atomic mass is 10.1. The van der Waals surface area contributed by atoms with Crippen LogP contribution in [0.2, 0.25) is 5.02 Å². The quantitative estimate of drug-likeness (QED) is 0.682. The van der Waals surface area contributed by atoms with Gasteiger partial charge in [-0.15, -0.1) is 0 Å². The Morgan fingerprint density at radius 2 is 1.85 bits per heavy atom. The van der Waals surface area contributed by atoms with E-state index in [-0.39, 0.29) is 0 Å². The number of rotatable bonds is 2. The number of hydrogen-bond acceptors (Lipinski definition) is 4. The molecule has 102 valence electrons. The van der Waals surface area contributed by atoms with Crippen LogP contribution in [0.15, 0.2) is 30.3 Å². The highest BCUT2D eigenvalue weighted by molar-refractivity contribution is 7.20. The van der Waals surface area contributed by atoms with Gasteiger partial charge < -0.3 is 10.5 Å². The lowest BCUT2D eigenvalue weighted by molar-refractivity contribution is 0.479. The number of nitrogens with zero attached hydrogens (tertiary/aromatic N) is 1. The summed E-state index contributed by atoms with van der Waals surface area (Å²) in [6.07, 6.45) is 0. The number of ether oxygens (including phenoxy) is 1. The molecule has 5 heteroatoms. The van der Waals surface area contributed by atoms with Gasteiger partial charge in [0.2, 0.25) is 0 Å². The third-order valence-electron chi connectivity index (χ3n) is 3.01. The zero-order valence-corrected chi connectivity index (χ0v) is 12.7. The Bertz CT molecular complexity index is 775. The summed E-state index contributed by atoms with van der Waals surface area (Å²) in [5, 5.41) is 1.38. The zero-order valence-electron chi connectivity index (χ0n) is 11.1. The second kappa shape index (κ2) is 4.96. The van der Waals surface area contributed by atoms with Gasteiger partial charge in [0.1, 0.15) is 5.75 Å². The van der Waals surface area contributed by atoms with Crippen molar-refractivity contribution in [3.63, 3.8) is 0 Å². The van der Waals surface area contributed by atoms with E-state index in [1.54, 1.807) is 0 Å². The number of nitrogen functional groups attached to an aromatic ring is 1. The lowest BCUT2D eigenvalue weighted by Crippen LogP contribution is -1.87. The summed E-state index contributed by atoms with van der Waals surface area (Å²) in [6.45, 7) is 3.92. The van der Waals surface area contributed by atoms with Crippen LogP contribution in [0, 0.1) is 13.8 Å². The Morgan fingerprint density at radius 1 is 1.15 bits per heavy atom. The lowest BCUT2D eigenvalue weighted by Gasteiger charge is -2.07. The molecule has 2 aromatic carbocycles. The van der Waals surface area contributed by atoms with Crippen LogP contribution in [-0.4, -0.2) is 4.98 Å². The molecule has 0 spiro atoms. The number of aromatic nitrogens is 1. The van der Waals surface area contributed by atoms with Crippen LogP contribution < -0.4 is 10.5 Å². The standard InChI is InChI=1S/C15H13ClN2OS/c1-8-5-11(6-9(2)14(8)16)19-15-18-12-4-3-10(17)7-13(12)20-15/h3-7H,17H2,1-2H3. The molecule has 0 atom stereocenters. The van der Waals surface area contributed by atoms with Crippen LogP contribution in [0.5, 0.6) is 10.9 Å². The summed E-state index contributed by atoms with van der Waals surface area (Å²) in [5.74, 6) is 0.747. The van der Waals surface area contributed by atoms with Crippen molar-refractivity contribution in [1.82, 2.24) is 4.98 Å². The van der Waals surface area contributed by atoms with Gasteiger partial charge in [-0.2, -0.15) is 0 Å². The van der Waals surface area contributed by atoms with Gasteiger partial charge in [-0.05, 0) is 55.3 Å². The van der Waals surface area contributed by atoms with Crippen molar-refractivity contribution in [2.75, 3.05) is 5.73 Å². The van der Waals surface area contributed by atoms with E-state index in [1.165, 1.54) is 11.3 Å². The molecule has 3 aromatic rings. The topological polar surface area (TPSA) is 48.1 Å². The average molecular weight is 305 g/mol. The Labute approximate surface area is 126 Å². The number of benzene rings is 2. The Morgan fingerprint density at radius 3 is 2.55 bits per heavy atom. The second-order valence-electron chi connectivity index (χ2n) is 4.68. The number of hydrogen-bond donors (Lipinski definition) is 1. The molecular weight excluding hydrogens is 292 g/mol. The van der Waals surface area contributed by atoms with Gasteiger partial charge in [-0.3, -0.25) is 0 Å². The van der Waals surface area contributed by atoms with Gasteiger partial charge in [0, 0.05) is 10.7 Å². The van der Waals surface area contributed by atoms with Crippen LogP contribution >= 0.6 is 22.9 Å². The molecule has 0 amide bonds. The molecule has 0 saturated carbocycles. The van der Waals surface area contributed by atoms with Crippen molar-refractivity contribution >= 4 is 38.8 Å². The van der Waals surface area contributed by atoms with E-state index >= 15 is 0 Å². The Hall–Kier alpha value is -1.78. The fourth-order valence-corrected chi connectivity index (χ4v) is 3.02. The van der Waals surface area contributed by atoms with Gasteiger partial charge in [0.05, 0.1) is 10.2 Å². The van der Waals surface area contributed by atoms with Crippen LogP contribution in [0.3, 0.4) is 0 Å². The van der Waals surface area contributed by atoms with E-state index in [2.05, 4.69) is 4.98 Å². The number of anilines is 1. The molecule has 3 rings (SSSR count). The minimum atomic E-state index is 0.603. The number of nitrogens with two attached hydrogens (primary N) is 1. The van der Waals surface area contributed by atoms with Crippen molar-refractivity contribution < 1.29 is 4.74 Å². The summed E-state index contributed by atoms with van der Waals surface area (Å²) in [5.41, 5.74) is 9.37. The number of aryl methyl sites for hydroxylation is 2. The number of fused-ring (bicyclic) bond motifs is 1. The van der Waals surface area contributed by atoms with E-state index in [4.69, 9.17) is 22.1 Å². The van der Waals surface area contributed by atoms with Gasteiger partial charge in [-0.25, -0.2) is 4.98 Å². The predicted molar refractivity (Wildman–Crippen MR) is 85.0 cm³/mol. The maximum absolute atomic E-state index is 6.15. The second-order valence-corrected chi connectivity index (χ2v) is 6.05. The monoisotopic (exact) mass is 304 g/mol. The first-order chi connectivity index (χ1) is 9.52. The van der Waals surface area contributed by atoms with E-state index in [9.17, 15) is 0 Å². The fourth-order valence-electron chi connectivity index (χ4n) is 2.03. The molecule has 0 unspecified atom stereocenters. The summed E-state index contributed by atoms with van der Waals surface area (Å²) in [6, 6.07) is 9.46. The molecule has 1 heterocycles. The molecule has 0 saturated heterocycles. The Balaban J connectivity index is 1.96. The van der Waals surface area contributed by atoms with Crippen molar-refractivity contribution in [2.45, 2.75) is 13.8 Å². The van der Waals surface area contributed by atoms with Crippen molar-refractivity contribution in [2.24, 2.45) is 0 Å². The van der Waals surface area contributed by atoms with Gasteiger partial charge in [0.25, 0.3) is 5.19 Å². The highest BCUT2D eigenvalue weighted by atomic mass is 35.5. The first-order valence-electron chi connectivity index (χ1n) is 6.13. The van der Waals surface area contributed by atoms with Gasteiger partial charge in [0.15, 0.2) is 0 Å². The van der Waals surface area contributed by atoms with E-state index in [1.807, 2.05) is 44.2 Å². The molecule has 0 aliphatic heterocycles. The van der Waals surface area contributed by atoms with E-state index < -0.39 is 0 Å². The van der Waals surface area contributed by atoms with E-state index in [0.29, 0.717) is 5.19 Å². The minimum absolute atomic E-state index is 0.603. The van der Waals surface area contributed by atoms with Crippen molar-refractivity contribution in [1.29, 1.82) is 0 Å². The van der Waals surface area contributed by atoms with Crippen LogP contribution in [0.25, 0.3) is 10.2 Å². The number of thiazole rings is 1. The molecule has 0 aliphatic carbocycles. The summed E-state index contributed by atoms with van der Waals surface area (Å²) < 4.78 is 6.84. The van der Waals surface area contributed by atoms with Crippen LogP contribution in [-0.2, 0) is 0 Å². The normalized spacial score (nSPS) is 10.9. The average Bonchev–Trinajstić information content (AvgIpc) is 2.77. The zero-order chi connectivity index (χ0) is 14.3. The van der Waals surface area contributed by atoms with Crippen molar-refractivity contribution in [3.05, 3.63) is 46.5 Å². The largest absolute Gasteiger partial charge is 0.431 e. The maximum Gasteiger partial charge on any atom is 0.279 e. The molecule has 2 N–H and O–H groups in total. The van der Waals surface area contributed by atoms with Gasteiger partial charge in [-0.1, -0.05) is 22.9 Å². The van der Waals surface area contributed by atoms with Gasteiger partial charge >= 0.3 is 0 Å². The molecule has 0 radical (unpaired) electrons. The highest BCUT2D eigenvalue weighted by Crippen LogP contribution is 2.34. The van der Waals surface area contributed by atoms with Crippen LogP contribution in [0.1, 0.15) is 11.1 Å². The predicted octanol–water partition coefficient (Wildman–Crippen LogP) is 4.94. The molecule has 0 fully saturated rings. The van der Waals surface area contributed by atoms with Crippen LogP contribution in [0.4, 0.5) is 5.69 Å². The van der Waals surface area contributed by atoms with E-state index in [0.717, 1.165) is 37.8 Å². The molecule has 1 aromatic heterocycles. The highest BCUT2D eigenvalue weighted by Gasteiger charge is 2.09. The molecular formula is C15H13ClN2OS. The van der Waals surface area contributed by atoms with Crippen molar-refractivity contribution in [3.8, 4) is 10.9 Å². The molecule has 20 heavy (non-hydrogen) atoms. The fraction of sp³-hybridized carbons (Fsp3) is 0.133. The minimum Gasteiger partial charge on any atom is -0.431 e. The SMILES string of the molecule is Cc1cc(Oc2nc3ccc(N)cc3s2)cc(C)c1Cl. The summed E-state index contributed by atoms with van der Waals surface area (Å²) >= 11 is 7.63. The molecule has 0 bridgehead atoms.